The number of imide groups is 1. The minimum absolute atomic E-state index is 0.0110. The molecule has 1 aromatic rings. The lowest BCUT2D eigenvalue weighted by Gasteiger charge is -2.25. The van der Waals surface area contributed by atoms with Gasteiger partial charge in [-0.25, -0.2) is 4.39 Å². The zero-order chi connectivity index (χ0) is 14.5. The van der Waals surface area contributed by atoms with E-state index < -0.39 is 17.6 Å². The fourth-order valence-corrected chi connectivity index (χ4v) is 1.78. The number of benzene rings is 1. The number of ether oxygens (including phenoxy) is 1. The molecule has 1 N–H and O–H groups in total. The summed E-state index contributed by atoms with van der Waals surface area (Å²) in [7, 11) is 0. The highest BCUT2D eigenvalue weighted by molar-refractivity contribution is 6.02. The summed E-state index contributed by atoms with van der Waals surface area (Å²) in [5, 5.41) is 2.11. The molecule has 2 rings (SSSR count). The number of hydrogen-bond acceptors (Lipinski definition) is 4. The van der Waals surface area contributed by atoms with Gasteiger partial charge in [0.05, 0.1) is 13.0 Å². The van der Waals surface area contributed by atoms with Crippen molar-refractivity contribution < 1.29 is 23.5 Å². The van der Waals surface area contributed by atoms with Gasteiger partial charge in [0.15, 0.2) is 0 Å². The van der Waals surface area contributed by atoms with E-state index in [1.54, 1.807) is 6.07 Å². The predicted molar refractivity (Wildman–Crippen MR) is 66.2 cm³/mol. The second-order valence-corrected chi connectivity index (χ2v) is 4.28. The molecule has 0 bridgehead atoms. The summed E-state index contributed by atoms with van der Waals surface area (Å²) in [5.74, 6) is -1.46. The fourth-order valence-electron chi connectivity index (χ4n) is 1.78. The maximum Gasteiger partial charge on any atom is 0.246 e. The molecular formula is C13H13FN2O4. The Morgan fingerprint density at radius 1 is 1.30 bits per heavy atom. The Hall–Kier alpha value is -2.44. The summed E-state index contributed by atoms with van der Waals surface area (Å²) < 4.78 is 18.1. The van der Waals surface area contributed by atoms with Gasteiger partial charge in [-0.3, -0.25) is 19.7 Å². The highest BCUT2D eigenvalue weighted by atomic mass is 19.1. The minimum atomic E-state index is -0.499. The van der Waals surface area contributed by atoms with Gasteiger partial charge in [-0.15, -0.1) is 0 Å². The van der Waals surface area contributed by atoms with Crippen molar-refractivity contribution in [2.24, 2.45) is 0 Å². The molecule has 106 valence electrons. The Morgan fingerprint density at radius 2 is 2.00 bits per heavy atom. The van der Waals surface area contributed by atoms with Crippen molar-refractivity contribution in [3.8, 4) is 5.75 Å². The summed E-state index contributed by atoms with van der Waals surface area (Å²) in [5.41, 5.74) is 0. The maximum absolute atomic E-state index is 12.9. The molecule has 1 aliphatic heterocycles. The molecule has 0 saturated carbocycles. The number of carbonyl (C=O) groups excluding carboxylic acids is 3. The van der Waals surface area contributed by atoms with Gasteiger partial charge in [0.1, 0.15) is 24.7 Å². The average molecular weight is 280 g/mol. The first-order chi connectivity index (χ1) is 9.54. The van der Waals surface area contributed by atoms with Crippen molar-refractivity contribution >= 4 is 17.7 Å². The number of rotatable bonds is 4. The van der Waals surface area contributed by atoms with Crippen molar-refractivity contribution in [2.45, 2.75) is 6.42 Å². The van der Waals surface area contributed by atoms with Crippen LogP contribution in [0.5, 0.6) is 5.75 Å². The first-order valence-corrected chi connectivity index (χ1v) is 6.03. The Labute approximate surface area is 114 Å². The summed E-state index contributed by atoms with van der Waals surface area (Å²) in [4.78, 5) is 35.2. The molecule has 0 radical (unpaired) electrons. The molecular weight excluding hydrogens is 267 g/mol. The van der Waals surface area contributed by atoms with Crippen LogP contribution in [-0.4, -0.2) is 42.3 Å². The fraction of sp³-hybridized carbons (Fsp3) is 0.308. The van der Waals surface area contributed by atoms with E-state index in [9.17, 15) is 18.8 Å². The number of piperazine rings is 1. The van der Waals surface area contributed by atoms with Crippen LogP contribution in [-0.2, 0) is 14.4 Å². The lowest BCUT2D eigenvalue weighted by atomic mass is 10.3. The number of nitrogens with zero attached hydrogens (tertiary/aromatic N) is 1. The van der Waals surface area contributed by atoms with Crippen molar-refractivity contribution in [1.29, 1.82) is 0 Å². The Balaban J connectivity index is 1.80. The number of carbonyl (C=O) groups is 3. The highest BCUT2D eigenvalue weighted by Gasteiger charge is 2.25. The van der Waals surface area contributed by atoms with E-state index in [4.69, 9.17) is 4.74 Å². The Kier molecular flexibility index (Phi) is 4.29. The van der Waals surface area contributed by atoms with Crippen LogP contribution in [0.1, 0.15) is 6.42 Å². The molecule has 7 heteroatoms. The van der Waals surface area contributed by atoms with E-state index in [2.05, 4.69) is 5.32 Å². The van der Waals surface area contributed by atoms with E-state index in [0.29, 0.717) is 5.75 Å². The van der Waals surface area contributed by atoms with Gasteiger partial charge in [0, 0.05) is 6.07 Å². The second-order valence-electron chi connectivity index (χ2n) is 4.28. The Bertz CT molecular complexity index is 531. The molecule has 0 aromatic heterocycles. The van der Waals surface area contributed by atoms with Crippen molar-refractivity contribution in [2.75, 3.05) is 19.7 Å². The molecule has 1 heterocycles. The first-order valence-electron chi connectivity index (χ1n) is 6.03. The smallest absolute Gasteiger partial charge is 0.246 e. The van der Waals surface area contributed by atoms with Crippen LogP contribution in [0.25, 0.3) is 0 Å². The third-order valence-electron chi connectivity index (χ3n) is 2.68. The molecule has 20 heavy (non-hydrogen) atoms. The molecule has 0 spiro atoms. The lowest BCUT2D eigenvalue weighted by Crippen LogP contribution is -2.53. The molecule has 1 aliphatic rings. The van der Waals surface area contributed by atoms with E-state index >= 15 is 0 Å². The monoisotopic (exact) mass is 280 g/mol. The molecule has 0 atom stereocenters. The van der Waals surface area contributed by atoms with Crippen molar-refractivity contribution in [1.82, 2.24) is 10.2 Å². The van der Waals surface area contributed by atoms with Crippen LogP contribution in [0, 0.1) is 5.82 Å². The van der Waals surface area contributed by atoms with Crippen LogP contribution in [0.3, 0.4) is 0 Å². The van der Waals surface area contributed by atoms with Crippen molar-refractivity contribution in [3.63, 3.8) is 0 Å². The number of nitrogens with one attached hydrogen (secondary N) is 1. The van der Waals surface area contributed by atoms with E-state index in [0.717, 1.165) is 4.90 Å². The number of halogens is 1. The van der Waals surface area contributed by atoms with Gasteiger partial charge >= 0.3 is 0 Å². The summed E-state index contributed by atoms with van der Waals surface area (Å²) >= 11 is 0. The van der Waals surface area contributed by atoms with Gasteiger partial charge in [-0.2, -0.15) is 0 Å². The summed E-state index contributed by atoms with van der Waals surface area (Å²) in [6.45, 7) is -0.219. The van der Waals surface area contributed by atoms with Gasteiger partial charge in [-0.05, 0) is 12.1 Å². The molecule has 1 fully saturated rings. The molecule has 0 unspecified atom stereocenters. The standard InChI is InChI=1S/C13H13FN2O4/c14-9-2-1-3-10(6-9)20-5-4-13(19)16-7-11(17)15-12(18)8-16/h1-3,6H,4-5,7-8H2,(H,15,17,18). The van der Waals surface area contributed by atoms with Gasteiger partial charge in [-0.1, -0.05) is 6.07 Å². The highest BCUT2D eigenvalue weighted by Crippen LogP contribution is 2.12. The zero-order valence-corrected chi connectivity index (χ0v) is 10.6. The van der Waals surface area contributed by atoms with Crippen LogP contribution >= 0.6 is 0 Å². The number of hydrogen-bond donors (Lipinski definition) is 1. The minimum Gasteiger partial charge on any atom is -0.493 e. The van der Waals surface area contributed by atoms with Crippen molar-refractivity contribution in [3.05, 3.63) is 30.1 Å². The quantitative estimate of drug-likeness (QED) is 0.792. The summed E-state index contributed by atoms with van der Waals surface area (Å²) in [6.07, 6.45) is 0.0110. The molecule has 6 nitrogen and oxygen atoms in total. The van der Waals surface area contributed by atoms with Gasteiger partial charge in [0.25, 0.3) is 0 Å². The third-order valence-corrected chi connectivity index (χ3v) is 2.68. The molecule has 0 aliphatic carbocycles. The largest absolute Gasteiger partial charge is 0.493 e. The lowest BCUT2D eigenvalue weighted by molar-refractivity contribution is -0.145. The molecule has 1 saturated heterocycles. The SMILES string of the molecule is O=C1CN(C(=O)CCOc2cccc(F)c2)CC(=O)N1. The Morgan fingerprint density at radius 3 is 2.65 bits per heavy atom. The van der Waals surface area contributed by atoms with E-state index in [1.807, 2.05) is 0 Å². The number of amides is 3. The third kappa shape index (κ3) is 3.78. The van der Waals surface area contributed by atoms with Gasteiger partial charge in [0.2, 0.25) is 17.7 Å². The van der Waals surface area contributed by atoms with Gasteiger partial charge < -0.3 is 9.64 Å². The normalized spacial score (nSPS) is 14.9. The maximum atomic E-state index is 12.9. The zero-order valence-electron chi connectivity index (χ0n) is 10.6. The van der Waals surface area contributed by atoms with Crippen LogP contribution < -0.4 is 10.1 Å². The average Bonchev–Trinajstić information content (AvgIpc) is 2.37. The van der Waals surface area contributed by atoms with Crippen LogP contribution in [0.15, 0.2) is 24.3 Å². The van der Waals surface area contributed by atoms with Crippen LogP contribution in [0.2, 0.25) is 0 Å². The summed E-state index contributed by atoms with van der Waals surface area (Å²) in [6, 6.07) is 5.57. The predicted octanol–water partition coefficient (Wildman–Crippen LogP) is 0.0796. The second kappa shape index (κ2) is 6.14. The first kappa shape index (κ1) is 14.0. The topological polar surface area (TPSA) is 75.7 Å². The van der Waals surface area contributed by atoms with E-state index in [-0.39, 0.29) is 32.0 Å². The van der Waals surface area contributed by atoms with Crippen LogP contribution in [0.4, 0.5) is 4.39 Å². The molecule has 1 aromatic carbocycles. The molecule has 3 amide bonds. The van der Waals surface area contributed by atoms with E-state index in [1.165, 1.54) is 18.2 Å².